The van der Waals surface area contributed by atoms with Crippen LogP contribution in [0.1, 0.15) is 33.3 Å². The fraction of sp³-hybridized carbons (Fsp3) is 0.133. The number of nitrogens with zero attached hydrogens (tertiary/aromatic N) is 1. The van der Waals surface area contributed by atoms with Gasteiger partial charge in [-0.25, -0.2) is 0 Å². The van der Waals surface area contributed by atoms with E-state index in [-0.39, 0.29) is 29.5 Å². The fourth-order valence-electron chi connectivity index (χ4n) is 1.80. The molecule has 1 heterocycles. The fourth-order valence-corrected chi connectivity index (χ4v) is 1.80. The van der Waals surface area contributed by atoms with E-state index in [9.17, 15) is 14.7 Å². The molecule has 0 saturated heterocycles. The summed E-state index contributed by atoms with van der Waals surface area (Å²) in [4.78, 5) is 26.4. The van der Waals surface area contributed by atoms with Gasteiger partial charge in [-0.15, -0.1) is 0 Å². The van der Waals surface area contributed by atoms with Gasteiger partial charge in [0.15, 0.2) is 12.1 Å². The lowest BCUT2D eigenvalue weighted by atomic mass is 10.1. The van der Waals surface area contributed by atoms with Gasteiger partial charge in [-0.3, -0.25) is 14.6 Å². The van der Waals surface area contributed by atoms with Gasteiger partial charge in [0.2, 0.25) is 0 Å². The minimum Gasteiger partial charge on any atom is -0.507 e. The van der Waals surface area contributed by atoms with Gasteiger partial charge in [0.05, 0.1) is 5.56 Å². The van der Waals surface area contributed by atoms with Crippen LogP contribution in [0.3, 0.4) is 0 Å². The molecule has 20 heavy (non-hydrogen) atoms. The lowest BCUT2D eigenvalue weighted by Gasteiger charge is -2.10. The van der Waals surface area contributed by atoms with Crippen LogP contribution in [0.15, 0.2) is 36.5 Å². The number of carbonyl (C=O) groups is 2. The second-order valence-corrected chi connectivity index (χ2v) is 4.16. The molecule has 0 fully saturated rings. The van der Waals surface area contributed by atoms with E-state index in [2.05, 4.69) is 4.98 Å². The van der Waals surface area contributed by atoms with Crippen LogP contribution >= 0.6 is 0 Å². The average Bonchev–Trinajstić information content (AvgIpc) is 2.45. The number of Topliss-reactive ketones (excluding diaryl/α,β-unsaturated/α-hetero) is 1. The molecular weight excluding hydrogens is 258 g/mol. The second-order valence-electron chi connectivity index (χ2n) is 4.16. The zero-order valence-electron chi connectivity index (χ0n) is 10.9. The first-order chi connectivity index (χ1) is 9.63. The highest BCUT2D eigenvalue weighted by Crippen LogP contribution is 2.26. The first-order valence-corrected chi connectivity index (χ1v) is 5.98. The van der Waals surface area contributed by atoms with Crippen molar-refractivity contribution in [2.45, 2.75) is 13.5 Å². The Morgan fingerprint density at radius 2 is 2.15 bits per heavy atom. The first-order valence-electron chi connectivity index (χ1n) is 5.98. The maximum Gasteiger partial charge on any atom is 0.178 e. The Hall–Kier alpha value is -2.69. The number of aromatic hydroxyl groups is 1. The highest BCUT2D eigenvalue weighted by atomic mass is 16.5. The molecule has 2 rings (SSSR count). The van der Waals surface area contributed by atoms with Crippen LogP contribution < -0.4 is 4.74 Å². The molecule has 0 aliphatic carbocycles. The second kappa shape index (κ2) is 5.97. The third-order valence-corrected chi connectivity index (χ3v) is 2.77. The Bertz CT molecular complexity index is 652. The lowest BCUT2D eigenvalue weighted by Crippen LogP contribution is -2.06. The normalized spacial score (nSPS) is 10.1. The SMILES string of the molecule is CC(=O)c1ncccc1COc1cccc(O)c1C=O. The maximum absolute atomic E-state index is 11.4. The van der Waals surface area contributed by atoms with Crippen molar-refractivity contribution in [3.8, 4) is 11.5 Å². The number of phenolic OH excluding ortho intramolecular Hbond substituents is 1. The Labute approximate surface area is 115 Å². The van der Waals surface area contributed by atoms with Crippen LogP contribution in [0.2, 0.25) is 0 Å². The molecule has 1 aromatic heterocycles. The summed E-state index contributed by atoms with van der Waals surface area (Å²) in [5.74, 6) is -0.0375. The van der Waals surface area contributed by atoms with Crippen molar-refractivity contribution in [3.63, 3.8) is 0 Å². The highest BCUT2D eigenvalue weighted by Gasteiger charge is 2.11. The summed E-state index contributed by atoms with van der Waals surface area (Å²) in [6.45, 7) is 1.52. The van der Waals surface area contributed by atoms with Gasteiger partial charge in [0.1, 0.15) is 23.8 Å². The Kier molecular flexibility index (Phi) is 4.10. The van der Waals surface area contributed by atoms with Crippen LogP contribution in [0.25, 0.3) is 0 Å². The Balaban J connectivity index is 2.24. The molecular formula is C15H13NO4. The number of hydrogen-bond acceptors (Lipinski definition) is 5. The number of benzene rings is 1. The number of aldehydes is 1. The van der Waals surface area contributed by atoms with Crippen molar-refractivity contribution in [1.29, 1.82) is 0 Å². The van der Waals surface area contributed by atoms with E-state index in [4.69, 9.17) is 4.74 Å². The number of pyridine rings is 1. The van der Waals surface area contributed by atoms with Gasteiger partial charge in [-0.05, 0) is 18.2 Å². The Morgan fingerprint density at radius 3 is 2.85 bits per heavy atom. The van der Waals surface area contributed by atoms with Gasteiger partial charge in [0, 0.05) is 18.7 Å². The van der Waals surface area contributed by atoms with E-state index in [0.717, 1.165) is 0 Å². The lowest BCUT2D eigenvalue weighted by molar-refractivity contribution is 0.100. The van der Waals surface area contributed by atoms with Crippen LogP contribution in [-0.4, -0.2) is 22.2 Å². The molecule has 0 spiro atoms. The minimum absolute atomic E-state index is 0.0840. The van der Waals surface area contributed by atoms with Gasteiger partial charge >= 0.3 is 0 Å². The van der Waals surface area contributed by atoms with Crippen LogP contribution in [0, 0.1) is 0 Å². The molecule has 0 aliphatic heterocycles. The topological polar surface area (TPSA) is 76.5 Å². The van der Waals surface area contributed by atoms with E-state index in [1.165, 1.54) is 19.2 Å². The molecule has 0 bridgehead atoms. The molecule has 2 aromatic rings. The monoisotopic (exact) mass is 271 g/mol. The zero-order chi connectivity index (χ0) is 14.5. The molecule has 5 nitrogen and oxygen atoms in total. The molecule has 102 valence electrons. The Morgan fingerprint density at radius 1 is 1.35 bits per heavy atom. The molecule has 1 N–H and O–H groups in total. The number of phenols is 1. The molecule has 1 aromatic carbocycles. The molecule has 0 saturated carbocycles. The van der Waals surface area contributed by atoms with Crippen molar-refractivity contribution >= 4 is 12.1 Å². The summed E-state index contributed by atoms with van der Waals surface area (Å²) in [6.07, 6.45) is 2.06. The standard InChI is InChI=1S/C15H13NO4/c1-10(18)15-11(4-3-7-16-15)9-20-14-6-2-5-13(19)12(14)8-17/h2-8,19H,9H2,1H3. The van der Waals surface area contributed by atoms with Crippen molar-refractivity contribution in [1.82, 2.24) is 4.98 Å². The average molecular weight is 271 g/mol. The summed E-state index contributed by atoms with van der Waals surface area (Å²) >= 11 is 0. The van der Waals surface area contributed by atoms with Crippen molar-refractivity contribution in [2.24, 2.45) is 0 Å². The van der Waals surface area contributed by atoms with Crippen molar-refractivity contribution in [3.05, 3.63) is 53.3 Å². The maximum atomic E-state index is 11.4. The van der Waals surface area contributed by atoms with E-state index < -0.39 is 0 Å². The van der Waals surface area contributed by atoms with Crippen molar-refractivity contribution < 1.29 is 19.4 Å². The summed E-state index contributed by atoms with van der Waals surface area (Å²) in [5, 5.41) is 9.55. The molecule has 5 heteroatoms. The van der Waals surface area contributed by atoms with Gasteiger partial charge in [-0.1, -0.05) is 12.1 Å². The van der Waals surface area contributed by atoms with Gasteiger partial charge in [-0.2, -0.15) is 0 Å². The van der Waals surface area contributed by atoms with Crippen LogP contribution in [0.4, 0.5) is 0 Å². The number of ether oxygens (including phenoxy) is 1. The number of carbonyl (C=O) groups excluding carboxylic acids is 2. The van der Waals surface area contributed by atoms with E-state index in [0.29, 0.717) is 17.5 Å². The van der Waals surface area contributed by atoms with E-state index in [1.807, 2.05) is 0 Å². The predicted molar refractivity (Wildman–Crippen MR) is 72.1 cm³/mol. The van der Waals surface area contributed by atoms with Crippen LogP contribution in [0.5, 0.6) is 11.5 Å². The summed E-state index contributed by atoms with van der Waals surface area (Å²) in [7, 11) is 0. The number of rotatable bonds is 5. The zero-order valence-corrected chi connectivity index (χ0v) is 10.9. The largest absolute Gasteiger partial charge is 0.507 e. The predicted octanol–water partition coefficient (Wildman–Crippen LogP) is 2.38. The van der Waals surface area contributed by atoms with Crippen LogP contribution in [-0.2, 0) is 6.61 Å². The minimum atomic E-state index is -0.157. The third kappa shape index (κ3) is 2.83. The number of hydrogen-bond donors (Lipinski definition) is 1. The van der Waals surface area contributed by atoms with E-state index >= 15 is 0 Å². The summed E-state index contributed by atoms with van der Waals surface area (Å²) in [5.41, 5.74) is 1.04. The smallest absolute Gasteiger partial charge is 0.178 e. The summed E-state index contributed by atoms with van der Waals surface area (Å²) in [6, 6.07) is 7.99. The molecule has 0 radical (unpaired) electrons. The van der Waals surface area contributed by atoms with Gasteiger partial charge < -0.3 is 9.84 Å². The number of ketones is 1. The molecule has 0 aliphatic rings. The molecule has 0 amide bonds. The molecule has 0 atom stereocenters. The summed E-state index contributed by atoms with van der Waals surface area (Å²) < 4.78 is 5.50. The quantitative estimate of drug-likeness (QED) is 0.667. The number of aromatic nitrogens is 1. The third-order valence-electron chi connectivity index (χ3n) is 2.77. The van der Waals surface area contributed by atoms with Gasteiger partial charge in [0.25, 0.3) is 0 Å². The van der Waals surface area contributed by atoms with Crippen molar-refractivity contribution in [2.75, 3.05) is 0 Å². The first kappa shape index (κ1) is 13.7. The van der Waals surface area contributed by atoms with E-state index in [1.54, 1.807) is 24.3 Å². The molecule has 0 unspecified atom stereocenters. The highest BCUT2D eigenvalue weighted by molar-refractivity contribution is 5.93.